The molecule has 1 aromatic rings. The zero-order valence-corrected chi connectivity index (χ0v) is 8.56. The van der Waals surface area contributed by atoms with Crippen LogP contribution in [0.5, 0.6) is 0 Å². The first-order chi connectivity index (χ1) is 6.01. The van der Waals surface area contributed by atoms with Crippen LogP contribution in [0.25, 0.3) is 0 Å². The predicted octanol–water partition coefficient (Wildman–Crippen LogP) is 1.62. The fraction of sp³-hybridized carbons (Fsp3) is 0.333. The van der Waals surface area contributed by atoms with Crippen LogP contribution in [0.3, 0.4) is 0 Å². The summed E-state index contributed by atoms with van der Waals surface area (Å²) >= 11 is 0. The van der Waals surface area contributed by atoms with Crippen LogP contribution in [-0.2, 0) is 16.4 Å². The third kappa shape index (κ3) is 3.46. The lowest BCUT2D eigenvalue weighted by atomic mass is 10.1. The number of hydrogen-bond donors (Lipinski definition) is 1. The van der Waals surface area contributed by atoms with Gasteiger partial charge < -0.3 is 0 Å². The molecule has 1 rings (SSSR count). The Morgan fingerprint density at radius 2 is 2.08 bits per heavy atom. The average Bonchev–Trinajstić information content (AvgIpc) is 2.01. The lowest BCUT2D eigenvalue weighted by Crippen LogP contribution is -2.09. The Morgan fingerprint density at radius 3 is 2.62 bits per heavy atom. The lowest BCUT2D eigenvalue weighted by molar-refractivity contribution is 0.607. The lowest BCUT2D eigenvalue weighted by Gasteiger charge is -2.04. The van der Waals surface area contributed by atoms with Crippen molar-refractivity contribution < 1.29 is 8.42 Å². The molecule has 0 saturated carbocycles. The standard InChI is InChI=1S/C9H13NO2S/c1-3-8-5-4-6-9(7-8)10-13(2,11)12/h4-7,10H,3H2,1-2H3. The van der Waals surface area contributed by atoms with Gasteiger partial charge in [-0.05, 0) is 24.1 Å². The first-order valence-electron chi connectivity index (χ1n) is 4.08. The van der Waals surface area contributed by atoms with Gasteiger partial charge in [-0.25, -0.2) is 8.42 Å². The van der Waals surface area contributed by atoms with Gasteiger partial charge in [-0.15, -0.1) is 0 Å². The summed E-state index contributed by atoms with van der Waals surface area (Å²) < 4.78 is 24.2. The van der Waals surface area contributed by atoms with Gasteiger partial charge in [0.15, 0.2) is 0 Å². The van der Waals surface area contributed by atoms with Gasteiger partial charge in [-0.1, -0.05) is 19.1 Å². The number of hydrogen-bond acceptors (Lipinski definition) is 2. The van der Waals surface area contributed by atoms with E-state index in [2.05, 4.69) is 4.72 Å². The van der Waals surface area contributed by atoms with Gasteiger partial charge >= 0.3 is 0 Å². The molecule has 0 amide bonds. The van der Waals surface area contributed by atoms with E-state index in [1.54, 1.807) is 6.07 Å². The fourth-order valence-electron chi connectivity index (χ4n) is 1.07. The van der Waals surface area contributed by atoms with E-state index in [1.807, 2.05) is 25.1 Å². The third-order valence-electron chi connectivity index (χ3n) is 1.64. The van der Waals surface area contributed by atoms with Crippen LogP contribution in [0.2, 0.25) is 0 Å². The highest BCUT2D eigenvalue weighted by molar-refractivity contribution is 7.92. The Kier molecular flexibility index (Phi) is 2.93. The van der Waals surface area contributed by atoms with Crippen molar-refractivity contribution in [3.05, 3.63) is 29.8 Å². The van der Waals surface area contributed by atoms with Crippen LogP contribution in [0.4, 0.5) is 5.69 Å². The summed E-state index contributed by atoms with van der Waals surface area (Å²) in [7, 11) is -3.15. The monoisotopic (exact) mass is 199 g/mol. The van der Waals surface area contributed by atoms with Gasteiger partial charge in [-0.3, -0.25) is 4.72 Å². The number of benzene rings is 1. The zero-order valence-electron chi connectivity index (χ0n) is 7.74. The summed E-state index contributed by atoms with van der Waals surface area (Å²) in [4.78, 5) is 0. The van der Waals surface area contributed by atoms with E-state index in [-0.39, 0.29) is 0 Å². The maximum Gasteiger partial charge on any atom is 0.229 e. The van der Waals surface area contributed by atoms with Crippen LogP contribution in [0.15, 0.2) is 24.3 Å². The molecule has 0 radical (unpaired) electrons. The second kappa shape index (κ2) is 3.79. The van der Waals surface area contributed by atoms with E-state index in [9.17, 15) is 8.42 Å². The third-order valence-corrected chi connectivity index (χ3v) is 2.24. The van der Waals surface area contributed by atoms with E-state index in [1.165, 1.54) is 0 Å². The highest BCUT2D eigenvalue weighted by Crippen LogP contribution is 2.11. The van der Waals surface area contributed by atoms with Crippen LogP contribution in [0, 0.1) is 0 Å². The molecule has 0 spiro atoms. The number of sulfonamides is 1. The molecule has 4 heteroatoms. The van der Waals surface area contributed by atoms with Gasteiger partial charge in [0.05, 0.1) is 6.26 Å². The normalized spacial score (nSPS) is 11.2. The van der Waals surface area contributed by atoms with Crippen LogP contribution >= 0.6 is 0 Å². The number of nitrogens with one attached hydrogen (secondary N) is 1. The minimum atomic E-state index is -3.15. The molecule has 3 nitrogen and oxygen atoms in total. The van der Waals surface area contributed by atoms with E-state index in [4.69, 9.17) is 0 Å². The Morgan fingerprint density at radius 1 is 1.38 bits per heavy atom. The average molecular weight is 199 g/mol. The van der Waals surface area contributed by atoms with Crippen molar-refractivity contribution in [1.82, 2.24) is 0 Å². The zero-order chi connectivity index (χ0) is 9.90. The first kappa shape index (κ1) is 10.1. The molecule has 1 aromatic carbocycles. The van der Waals surface area contributed by atoms with Crippen molar-refractivity contribution in [1.29, 1.82) is 0 Å². The van der Waals surface area contributed by atoms with Crippen LogP contribution in [-0.4, -0.2) is 14.7 Å². The summed E-state index contributed by atoms with van der Waals surface area (Å²) in [6.07, 6.45) is 2.05. The summed E-state index contributed by atoms with van der Waals surface area (Å²) in [5, 5.41) is 0. The molecular formula is C9H13NO2S. The van der Waals surface area contributed by atoms with Gasteiger partial charge in [0, 0.05) is 5.69 Å². The summed E-state index contributed by atoms with van der Waals surface area (Å²) in [5.74, 6) is 0. The summed E-state index contributed by atoms with van der Waals surface area (Å²) in [6.45, 7) is 2.03. The summed E-state index contributed by atoms with van der Waals surface area (Å²) in [6, 6.07) is 7.38. The molecule has 0 unspecified atom stereocenters. The van der Waals surface area contributed by atoms with Gasteiger partial charge in [0.1, 0.15) is 0 Å². The molecule has 72 valence electrons. The summed E-state index contributed by atoms with van der Waals surface area (Å²) in [5.41, 5.74) is 1.75. The minimum absolute atomic E-state index is 0.627. The van der Waals surface area contributed by atoms with Gasteiger partial charge in [0.2, 0.25) is 10.0 Å². The molecular weight excluding hydrogens is 186 g/mol. The number of aryl methyl sites for hydroxylation is 1. The maximum atomic E-state index is 10.9. The smallest absolute Gasteiger partial charge is 0.229 e. The maximum absolute atomic E-state index is 10.9. The predicted molar refractivity (Wildman–Crippen MR) is 54.3 cm³/mol. The van der Waals surface area contributed by atoms with E-state index >= 15 is 0 Å². The topological polar surface area (TPSA) is 46.2 Å². The van der Waals surface area contributed by atoms with Crippen molar-refractivity contribution in [3.63, 3.8) is 0 Å². The van der Waals surface area contributed by atoms with E-state index in [0.29, 0.717) is 5.69 Å². The van der Waals surface area contributed by atoms with Gasteiger partial charge in [0.25, 0.3) is 0 Å². The van der Waals surface area contributed by atoms with Gasteiger partial charge in [-0.2, -0.15) is 0 Å². The first-order valence-corrected chi connectivity index (χ1v) is 5.97. The largest absolute Gasteiger partial charge is 0.284 e. The van der Waals surface area contributed by atoms with Crippen molar-refractivity contribution in [2.24, 2.45) is 0 Å². The number of anilines is 1. The minimum Gasteiger partial charge on any atom is -0.284 e. The van der Waals surface area contributed by atoms with Crippen molar-refractivity contribution in [2.75, 3.05) is 11.0 Å². The molecule has 0 atom stereocenters. The van der Waals surface area contributed by atoms with Crippen LogP contribution in [0.1, 0.15) is 12.5 Å². The molecule has 1 N–H and O–H groups in total. The molecule has 0 aliphatic heterocycles. The molecule has 0 saturated heterocycles. The molecule has 0 aromatic heterocycles. The molecule has 0 fully saturated rings. The van der Waals surface area contributed by atoms with Crippen molar-refractivity contribution in [2.45, 2.75) is 13.3 Å². The second-order valence-electron chi connectivity index (χ2n) is 2.93. The second-order valence-corrected chi connectivity index (χ2v) is 4.68. The molecule has 0 heterocycles. The Labute approximate surface area is 78.8 Å². The van der Waals surface area contributed by atoms with E-state index in [0.717, 1.165) is 18.2 Å². The van der Waals surface area contributed by atoms with Crippen LogP contribution < -0.4 is 4.72 Å². The van der Waals surface area contributed by atoms with E-state index < -0.39 is 10.0 Å². The molecule has 0 aliphatic rings. The fourth-order valence-corrected chi connectivity index (χ4v) is 1.62. The Bertz CT molecular complexity index is 384. The molecule has 0 bridgehead atoms. The number of rotatable bonds is 3. The SMILES string of the molecule is CCc1cccc(NS(C)(=O)=O)c1. The Hall–Kier alpha value is -1.03. The highest BCUT2D eigenvalue weighted by Gasteiger charge is 2.00. The Balaban J connectivity index is 2.90. The quantitative estimate of drug-likeness (QED) is 0.804. The highest BCUT2D eigenvalue weighted by atomic mass is 32.2. The molecule has 13 heavy (non-hydrogen) atoms. The molecule has 0 aliphatic carbocycles. The van der Waals surface area contributed by atoms with Crippen molar-refractivity contribution in [3.8, 4) is 0 Å². The van der Waals surface area contributed by atoms with Crippen molar-refractivity contribution >= 4 is 15.7 Å².